The number of methoxy groups -OCH3 is 1. The van der Waals surface area contributed by atoms with Crippen molar-refractivity contribution in [2.45, 2.75) is 6.92 Å². The Labute approximate surface area is 189 Å². The zero-order chi connectivity index (χ0) is 22.8. The number of aromatic amines is 1. The number of aryl methyl sites for hydroxylation is 1. The molecule has 0 spiro atoms. The highest BCUT2D eigenvalue weighted by atomic mass is 35.5. The molecular formula is C20H15ClN6O4S. The Balaban J connectivity index is 1.67. The quantitative estimate of drug-likeness (QED) is 0.223. The maximum atomic E-state index is 12.9. The minimum atomic E-state index is -0.590. The van der Waals surface area contributed by atoms with Gasteiger partial charge in [0.1, 0.15) is 5.75 Å². The lowest BCUT2D eigenvalue weighted by molar-refractivity contribution is -0.384. The van der Waals surface area contributed by atoms with Crippen LogP contribution in [0.4, 0.5) is 17.1 Å². The summed E-state index contributed by atoms with van der Waals surface area (Å²) in [5.74, 6) is 0.316. The Hall–Kier alpha value is -3.83. The molecule has 4 aromatic rings. The van der Waals surface area contributed by atoms with Crippen LogP contribution in [-0.4, -0.2) is 26.8 Å². The number of hydrogen-bond acceptors (Lipinski definition) is 8. The Kier molecular flexibility index (Phi) is 5.84. The summed E-state index contributed by atoms with van der Waals surface area (Å²) in [6, 6.07) is 11.4. The zero-order valence-corrected chi connectivity index (χ0v) is 18.3. The summed E-state index contributed by atoms with van der Waals surface area (Å²) in [7, 11) is 1.41. The van der Waals surface area contributed by atoms with Gasteiger partial charge < -0.3 is 4.74 Å². The van der Waals surface area contributed by atoms with E-state index in [9.17, 15) is 14.9 Å². The third kappa shape index (κ3) is 4.15. The minimum absolute atomic E-state index is 0.00150. The number of ether oxygens (including phenoxy) is 1. The van der Waals surface area contributed by atoms with Gasteiger partial charge in [-0.2, -0.15) is 4.68 Å². The van der Waals surface area contributed by atoms with Crippen molar-refractivity contribution in [3.05, 3.63) is 79.0 Å². The molecule has 0 atom stereocenters. The van der Waals surface area contributed by atoms with Gasteiger partial charge in [0, 0.05) is 16.0 Å². The second-order valence-corrected chi connectivity index (χ2v) is 7.83. The molecule has 10 nitrogen and oxygen atoms in total. The molecule has 0 aliphatic carbocycles. The molecule has 0 unspecified atom stereocenters. The van der Waals surface area contributed by atoms with Crippen LogP contribution in [0.5, 0.6) is 5.75 Å². The maximum Gasteiger partial charge on any atom is 0.301 e. The molecule has 0 bridgehead atoms. The molecule has 32 heavy (non-hydrogen) atoms. The van der Waals surface area contributed by atoms with E-state index in [2.05, 4.69) is 20.3 Å². The molecule has 12 heteroatoms. The number of nitro groups is 1. The summed E-state index contributed by atoms with van der Waals surface area (Å²) in [6.45, 7) is 1.66. The van der Waals surface area contributed by atoms with E-state index in [0.29, 0.717) is 27.3 Å². The molecule has 0 fully saturated rings. The van der Waals surface area contributed by atoms with E-state index in [1.165, 1.54) is 41.3 Å². The van der Waals surface area contributed by atoms with Crippen LogP contribution in [0, 0.1) is 17.0 Å². The molecule has 0 aliphatic rings. The van der Waals surface area contributed by atoms with Crippen molar-refractivity contribution in [3.63, 3.8) is 0 Å². The number of azo groups is 1. The van der Waals surface area contributed by atoms with Crippen LogP contribution in [0.3, 0.4) is 0 Å². The summed E-state index contributed by atoms with van der Waals surface area (Å²) in [6.07, 6.45) is 0. The Morgan fingerprint density at radius 3 is 2.66 bits per heavy atom. The third-order valence-electron chi connectivity index (χ3n) is 4.50. The number of thiazole rings is 1. The number of aromatic nitrogens is 3. The number of hydrogen-bond donors (Lipinski definition) is 1. The van der Waals surface area contributed by atoms with Gasteiger partial charge in [-0.05, 0) is 31.2 Å². The molecule has 2 aromatic carbocycles. The van der Waals surface area contributed by atoms with Crippen LogP contribution in [0.15, 0.2) is 62.9 Å². The van der Waals surface area contributed by atoms with Crippen molar-refractivity contribution < 1.29 is 9.66 Å². The molecule has 0 aliphatic heterocycles. The van der Waals surface area contributed by atoms with Crippen LogP contribution in [0.2, 0.25) is 5.02 Å². The van der Waals surface area contributed by atoms with Crippen molar-refractivity contribution in [3.8, 4) is 22.1 Å². The predicted octanol–water partition coefficient (Wildman–Crippen LogP) is 5.58. The van der Waals surface area contributed by atoms with E-state index in [1.54, 1.807) is 19.1 Å². The molecule has 4 rings (SSSR count). The van der Waals surface area contributed by atoms with Gasteiger partial charge in [0.25, 0.3) is 5.69 Å². The summed E-state index contributed by atoms with van der Waals surface area (Å²) in [5, 5.41) is 25.0. The van der Waals surface area contributed by atoms with Crippen LogP contribution in [0.25, 0.3) is 16.4 Å². The fraction of sp³-hybridized carbons (Fsp3) is 0.100. The molecule has 2 aromatic heterocycles. The second kappa shape index (κ2) is 8.73. The lowest BCUT2D eigenvalue weighted by atomic mass is 10.2. The largest absolute Gasteiger partial charge is 0.496 e. The lowest BCUT2D eigenvalue weighted by Crippen LogP contribution is -2.13. The summed E-state index contributed by atoms with van der Waals surface area (Å²) >= 11 is 7.20. The number of nitrogens with one attached hydrogen (secondary N) is 1. The first-order valence-corrected chi connectivity index (χ1v) is 10.4. The molecule has 0 saturated heterocycles. The van der Waals surface area contributed by atoms with Gasteiger partial charge in [-0.3, -0.25) is 20.0 Å². The van der Waals surface area contributed by atoms with Gasteiger partial charge in [0.15, 0.2) is 11.4 Å². The fourth-order valence-corrected chi connectivity index (χ4v) is 3.79. The van der Waals surface area contributed by atoms with Crippen molar-refractivity contribution in [2.75, 3.05) is 7.11 Å². The average Bonchev–Trinajstić information content (AvgIpc) is 3.37. The summed E-state index contributed by atoms with van der Waals surface area (Å²) in [4.78, 5) is 28.1. The molecule has 1 N–H and O–H groups in total. The highest BCUT2D eigenvalue weighted by Crippen LogP contribution is 2.32. The van der Waals surface area contributed by atoms with Crippen molar-refractivity contribution in [1.82, 2.24) is 14.8 Å². The number of nitro benzene ring substituents is 1. The van der Waals surface area contributed by atoms with E-state index in [1.807, 2.05) is 17.5 Å². The number of halogens is 1. The van der Waals surface area contributed by atoms with E-state index in [-0.39, 0.29) is 17.1 Å². The van der Waals surface area contributed by atoms with Crippen LogP contribution in [0.1, 0.15) is 5.69 Å². The topological polar surface area (TPSA) is 128 Å². The van der Waals surface area contributed by atoms with Gasteiger partial charge in [-0.1, -0.05) is 23.7 Å². The Bertz CT molecular complexity index is 1390. The minimum Gasteiger partial charge on any atom is -0.496 e. The first kappa shape index (κ1) is 21.4. The summed E-state index contributed by atoms with van der Waals surface area (Å²) < 4.78 is 6.27. The van der Waals surface area contributed by atoms with E-state index < -0.39 is 10.5 Å². The maximum absolute atomic E-state index is 12.9. The number of rotatable bonds is 6. The number of benzene rings is 2. The molecule has 162 valence electrons. The van der Waals surface area contributed by atoms with Crippen LogP contribution < -0.4 is 10.3 Å². The van der Waals surface area contributed by atoms with Gasteiger partial charge in [-0.15, -0.1) is 21.6 Å². The van der Waals surface area contributed by atoms with E-state index >= 15 is 0 Å². The summed E-state index contributed by atoms with van der Waals surface area (Å²) in [5.41, 5.74) is 1.27. The molecule has 0 saturated carbocycles. The standard InChI is InChI=1S/C20H15ClN6O4S/c1-11-18(24-23-15-8-7-14(31-2)9-17(15)27(29)30)19(28)26(25-11)20-22-16(10-32-20)12-3-5-13(21)6-4-12/h3-10,25H,1-2H3. The second-order valence-electron chi connectivity index (χ2n) is 6.56. The average molecular weight is 471 g/mol. The van der Waals surface area contributed by atoms with Crippen molar-refractivity contribution in [1.29, 1.82) is 0 Å². The Morgan fingerprint density at radius 1 is 1.22 bits per heavy atom. The predicted molar refractivity (Wildman–Crippen MR) is 121 cm³/mol. The van der Waals surface area contributed by atoms with E-state index in [4.69, 9.17) is 16.3 Å². The SMILES string of the molecule is COc1ccc(N=Nc2c(C)[nH]n(-c3nc(-c4ccc(Cl)cc4)cs3)c2=O)c([N+](=O)[O-])c1. The lowest BCUT2D eigenvalue weighted by Gasteiger charge is -2.00. The molecule has 0 amide bonds. The van der Waals surface area contributed by atoms with Gasteiger partial charge >= 0.3 is 5.56 Å². The van der Waals surface area contributed by atoms with Crippen LogP contribution in [-0.2, 0) is 0 Å². The van der Waals surface area contributed by atoms with Gasteiger partial charge in [0.2, 0.25) is 5.13 Å². The first-order valence-electron chi connectivity index (χ1n) is 9.15. The Morgan fingerprint density at radius 2 is 1.97 bits per heavy atom. The van der Waals surface area contributed by atoms with E-state index in [0.717, 1.165) is 5.56 Å². The third-order valence-corrected chi connectivity index (χ3v) is 5.58. The first-order chi connectivity index (χ1) is 15.4. The molecule has 2 heterocycles. The normalized spacial score (nSPS) is 11.2. The highest BCUT2D eigenvalue weighted by Gasteiger charge is 2.18. The smallest absolute Gasteiger partial charge is 0.301 e. The fourth-order valence-electron chi connectivity index (χ4n) is 2.88. The molecule has 0 radical (unpaired) electrons. The van der Waals surface area contributed by atoms with Crippen molar-refractivity contribution >= 4 is 40.0 Å². The van der Waals surface area contributed by atoms with Gasteiger partial charge in [-0.25, -0.2) is 4.98 Å². The number of H-pyrrole nitrogens is 1. The number of nitrogens with zero attached hydrogens (tertiary/aromatic N) is 5. The highest BCUT2D eigenvalue weighted by molar-refractivity contribution is 7.12. The van der Waals surface area contributed by atoms with Crippen molar-refractivity contribution in [2.24, 2.45) is 10.2 Å². The van der Waals surface area contributed by atoms with Crippen LogP contribution >= 0.6 is 22.9 Å². The zero-order valence-electron chi connectivity index (χ0n) is 16.8. The van der Waals surface area contributed by atoms with Gasteiger partial charge in [0.05, 0.1) is 29.5 Å². The monoisotopic (exact) mass is 470 g/mol. The molecular weight excluding hydrogens is 456 g/mol.